The summed E-state index contributed by atoms with van der Waals surface area (Å²) in [5, 5.41) is 0. The van der Waals surface area contributed by atoms with Gasteiger partial charge in [-0.25, -0.2) is 0 Å². The lowest BCUT2D eigenvalue weighted by Gasteiger charge is -2.18. The molecule has 1 unspecified atom stereocenters. The van der Waals surface area contributed by atoms with E-state index in [9.17, 15) is 14.4 Å². The van der Waals surface area contributed by atoms with Crippen LogP contribution in [-0.2, 0) is 28.6 Å². The molecule has 0 N–H and O–H groups in total. The largest absolute Gasteiger partial charge is 0.462 e. The van der Waals surface area contributed by atoms with Crippen molar-refractivity contribution in [2.24, 2.45) is 0 Å². The highest BCUT2D eigenvalue weighted by Gasteiger charge is 2.19. The Kier molecular flexibility index (Phi) is 47.4. The predicted octanol–water partition coefficient (Wildman–Crippen LogP) is 16.9. The van der Waals surface area contributed by atoms with Gasteiger partial charge in [0.2, 0.25) is 0 Å². The predicted molar refractivity (Wildman–Crippen MR) is 261 cm³/mol. The van der Waals surface area contributed by atoms with Gasteiger partial charge in [0.1, 0.15) is 13.2 Å². The van der Waals surface area contributed by atoms with Crippen molar-refractivity contribution in [2.45, 2.75) is 258 Å². The van der Waals surface area contributed by atoms with Crippen molar-refractivity contribution in [1.82, 2.24) is 0 Å². The van der Waals surface area contributed by atoms with Crippen LogP contribution in [0.15, 0.2) is 60.8 Å². The minimum Gasteiger partial charge on any atom is -0.462 e. The number of esters is 3. The number of ether oxygens (including phenoxy) is 3. The Balaban J connectivity index is 4.39. The fourth-order valence-corrected chi connectivity index (χ4v) is 7.24. The van der Waals surface area contributed by atoms with Crippen molar-refractivity contribution in [3.63, 3.8) is 0 Å². The molecule has 0 bridgehead atoms. The number of allylic oxidation sites excluding steroid dienone is 10. The average Bonchev–Trinajstić information content (AvgIpc) is 3.26. The van der Waals surface area contributed by atoms with Crippen LogP contribution in [0.2, 0.25) is 0 Å². The quantitative estimate of drug-likeness (QED) is 0.0263. The van der Waals surface area contributed by atoms with E-state index in [1.807, 2.05) is 24.3 Å². The smallest absolute Gasteiger partial charge is 0.306 e. The lowest BCUT2D eigenvalue weighted by Crippen LogP contribution is -2.30. The molecule has 0 rings (SSSR count). The van der Waals surface area contributed by atoms with E-state index in [4.69, 9.17) is 14.2 Å². The molecule has 0 spiro atoms. The van der Waals surface area contributed by atoms with Crippen LogP contribution in [0.25, 0.3) is 0 Å². The van der Waals surface area contributed by atoms with Crippen LogP contribution in [0.3, 0.4) is 0 Å². The van der Waals surface area contributed by atoms with Crippen molar-refractivity contribution >= 4 is 17.9 Å². The van der Waals surface area contributed by atoms with E-state index in [1.54, 1.807) is 0 Å². The molecule has 6 nitrogen and oxygen atoms in total. The Hall–Kier alpha value is -2.89. The maximum absolute atomic E-state index is 12.8. The molecule has 0 saturated heterocycles. The Morgan fingerprint density at radius 1 is 0.328 bits per heavy atom. The molecule has 6 heteroatoms. The van der Waals surface area contributed by atoms with Crippen LogP contribution in [0.5, 0.6) is 0 Å². The normalized spacial score (nSPS) is 12.5. The van der Waals surface area contributed by atoms with Gasteiger partial charge in [0.15, 0.2) is 6.10 Å². The molecule has 0 saturated carbocycles. The first kappa shape index (κ1) is 58.1. The second kappa shape index (κ2) is 49.8. The zero-order chi connectivity index (χ0) is 44.4. The third-order valence-electron chi connectivity index (χ3n) is 11.1. The first-order chi connectivity index (χ1) is 30.0. The van der Waals surface area contributed by atoms with Crippen LogP contribution in [0.1, 0.15) is 252 Å². The first-order valence-corrected chi connectivity index (χ1v) is 25.9. The van der Waals surface area contributed by atoms with Gasteiger partial charge >= 0.3 is 17.9 Å². The highest BCUT2D eigenvalue weighted by Crippen LogP contribution is 2.16. The maximum Gasteiger partial charge on any atom is 0.306 e. The van der Waals surface area contributed by atoms with E-state index >= 15 is 0 Å². The van der Waals surface area contributed by atoms with Crippen molar-refractivity contribution in [3.8, 4) is 0 Å². The number of rotatable bonds is 46. The summed E-state index contributed by atoms with van der Waals surface area (Å²) in [7, 11) is 0. The molecule has 0 aliphatic heterocycles. The summed E-state index contributed by atoms with van der Waals surface area (Å²) >= 11 is 0. The minimum absolute atomic E-state index is 0.0796. The van der Waals surface area contributed by atoms with Crippen molar-refractivity contribution in [2.75, 3.05) is 13.2 Å². The van der Waals surface area contributed by atoms with E-state index in [0.29, 0.717) is 19.3 Å². The van der Waals surface area contributed by atoms with Gasteiger partial charge in [0.25, 0.3) is 0 Å². The molecule has 0 fully saturated rings. The van der Waals surface area contributed by atoms with Gasteiger partial charge in [0, 0.05) is 19.3 Å². The van der Waals surface area contributed by atoms with Crippen molar-refractivity contribution in [3.05, 3.63) is 60.8 Å². The number of carbonyl (C=O) groups excluding carboxylic acids is 3. The van der Waals surface area contributed by atoms with Crippen molar-refractivity contribution < 1.29 is 28.6 Å². The number of hydrogen-bond acceptors (Lipinski definition) is 6. The minimum atomic E-state index is -0.780. The fraction of sp³-hybridized carbons (Fsp3) is 0.764. The monoisotopic (exact) mass is 853 g/mol. The SMILES string of the molecule is CCC\C=C/C=C\C=C/C=C\C=C/CCCCCCCC(=O)OCC(COC(=O)CCCCCCCCCCCC)OC(=O)CCCCCCCCCCCCCCCCC. The molecule has 0 aliphatic carbocycles. The Labute approximate surface area is 377 Å². The highest BCUT2D eigenvalue weighted by molar-refractivity contribution is 5.71. The van der Waals surface area contributed by atoms with Crippen LogP contribution < -0.4 is 0 Å². The number of hydrogen-bond donors (Lipinski definition) is 0. The van der Waals surface area contributed by atoms with E-state index in [0.717, 1.165) is 83.5 Å². The van der Waals surface area contributed by atoms with E-state index in [1.165, 1.54) is 128 Å². The summed E-state index contributed by atoms with van der Waals surface area (Å²) in [6.45, 7) is 6.53. The van der Waals surface area contributed by atoms with Crippen LogP contribution in [0, 0.1) is 0 Å². The third kappa shape index (κ3) is 48.0. The van der Waals surface area contributed by atoms with Gasteiger partial charge in [-0.15, -0.1) is 0 Å². The Bertz CT molecular complexity index is 1120. The van der Waals surface area contributed by atoms with Gasteiger partial charge in [-0.05, 0) is 38.5 Å². The topological polar surface area (TPSA) is 78.9 Å². The zero-order valence-corrected chi connectivity index (χ0v) is 40.2. The second-order valence-electron chi connectivity index (χ2n) is 17.2. The average molecular weight is 853 g/mol. The van der Waals surface area contributed by atoms with Crippen molar-refractivity contribution in [1.29, 1.82) is 0 Å². The molecule has 352 valence electrons. The summed E-state index contributed by atoms with van der Waals surface area (Å²) in [4.78, 5) is 37.9. The third-order valence-corrected chi connectivity index (χ3v) is 11.1. The zero-order valence-electron chi connectivity index (χ0n) is 40.2. The molecule has 61 heavy (non-hydrogen) atoms. The van der Waals surface area contributed by atoms with E-state index in [-0.39, 0.29) is 31.1 Å². The summed E-state index contributed by atoms with van der Waals surface area (Å²) in [6, 6.07) is 0. The van der Waals surface area contributed by atoms with Gasteiger partial charge in [-0.2, -0.15) is 0 Å². The van der Waals surface area contributed by atoms with Gasteiger partial charge in [-0.1, -0.05) is 255 Å². The number of unbranched alkanes of at least 4 members (excludes halogenated alkanes) is 29. The molecule has 1 atom stereocenters. The Morgan fingerprint density at radius 3 is 0.984 bits per heavy atom. The molecule has 0 heterocycles. The highest BCUT2D eigenvalue weighted by atomic mass is 16.6. The molecule has 0 aromatic heterocycles. The van der Waals surface area contributed by atoms with Crippen LogP contribution in [-0.4, -0.2) is 37.2 Å². The maximum atomic E-state index is 12.8. The second-order valence-corrected chi connectivity index (χ2v) is 17.2. The summed E-state index contributed by atoms with van der Waals surface area (Å²) in [5.74, 6) is -0.900. The van der Waals surface area contributed by atoms with Gasteiger partial charge < -0.3 is 14.2 Å². The first-order valence-electron chi connectivity index (χ1n) is 25.9. The van der Waals surface area contributed by atoms with Gasteiger partial charge in [0.05, 0.1) is 0 Å². The molecule has 0 aromatic rings. The molecule has 0 amide bonds. The molecular weight excluding hydrogens is 757 g/mol. The lowest BCUT2D eigenvalue weighted by atomic mass is 10.0. The molecule has 0 aromatic carbocycles. The van der Waals surface area contributed by atoms with E-state index in [2.05, 4.69) is 57.2 Å². The standard InChI is InChI=1S/C55H96O6/c1-4-7-10-13-16-19-22-24-26-27-28-30-31-33-36-39-42-45-48-54(57)60-51-52(50-59-53(56)47-44-41-38-35-21-18-15-12-9-6-3)61-55(58)49-46-43-40-37-34-32-29-25-23-20-17-14-11-8-5-2/h10,13,16,19,22,24,26-28,30,52H,4-9,11-12,14-15,17-18,20-21,23,25,29,31-51H2,1-3H3/b13-10-,19-16-,24-22-,27-26-,30-28-. The van der Waals surface area contributed by atoms with E-state index < -0.39 is 6.10 Å². The fourth-order valence-electron chi connectivity index (χ4n) is 7.24. The van der Waals surface area contributed by atoms with Crippen LogP contribution in [0.4, 0.5) is 0 Å². The lowest BCUT2D eigenvalue weighted by molar-refractivity contribution is -0.167. The Morgan fingerprint density at radius 2 is 0.623 bits per heavy atom. The summed E-state index contributed by atoms with van der Waals surface area (Å²) in [6.07, 6.45) is 60.5. The van der Waals surface area contributed by atoms with Crippen LogP contribution >= 0.6 is 0 Å². The molecule has 0 radical (unpaired) electrons. The van der Waals surface area contributed by atoms with Gasteiger partial charge in [-0.3, -0.25) is 14.4 Å². The number of carbonyl (C=O) groups is 3. The summed E-state index contributed by atoms with van der Waals surface area (Å²) < 4.78 is 16.8. The molecular formula is C55H96O6. The summed E-state index contributed by atoms with van der Waals surface area (Å²) in [5.41, 5.74) is 0. The molecule has 0 aliphatic rings.